The average Bonchev–Trinajstić information content (AvgIpc) is 2.80. The monoisotopic (exact) mass is 396 g/mol. The van der Waals surface area contributed by atoms with Gasteiger partial charge in [0.2, 0.25) is 0 Å². The van der Waals surface area contributed by atoms with Crippen molar-refractivity contribution in [1.29, 1.82) is 0 Å². The maximum Gasteiger partial charge on any atom is 0.117 e. The van der Waals surface area contributed by atoms with Crippen LogP contribution in [0.5, 0.6) is 0 Å². The van der Waals surface area contributed by atoms with Gasteiger partial charge in [-0.05, 0) is 63.6 Å². The zero-order valence-corrected chi connectivity index (χ0v) is 18.1. The van der Waals surface area contributed by atoms with Crippen LogP contribution in [0, 0.1) is 5.92 Å². The molecule has 0 aliphatic heterocycles. The first-order valence-corrected chi connectivity index (χ1v) is 11.4. The molecule has 1 nitrogen and oxygen atoms in total. The standard InChI is InChI=1S/C29H32O/c1-3-5-15-26(10-4-2)29(30,27-18-16-22-11-6-8-13-24(22)20-27)28-19-17-23-12-7-9-14-25(23)21-28/h6-9,11-14,16-21,26,30H,3-5,10,15H2,1-2H3. The van der Waals surface area contributed by atoms with Gasteiger partial charge in [-0.3, -0.25) is 0 Å². The van der Waals surface area contributed by atoms with Crippen LogP contribution in [0.15, 0.2) is 84.9 Å². The van der Waals surface area contributed by atoms with E-state index in [1.807, 2.05) is 0 Å². The third kappa shape index (κ3) is 3.87. The molecule has 4 aromatic rings. The van der Waals surface area contributed by atoms with E-state index >= 15 is 0 Å². The topological polar surface area (TPSA) is 20.2 Å². The zero-order chi connectivity index (χ0) is 21.0. The summed E-state index contributed by atoms with van der Waals surface area (Å²) in [5.41, 5.74) is 1.01. The van der Waals surface area contributed by atoms with E-state index in [9.17, 15) is 5.11 Å². The number of unbranched alkanes of at least 4 members (excludes halogenated alkanes) is 1. The second-order valence-corrected chi connectivity index (χ2v) is 8.52. The maximum absolute atomic E-state index is 12.5. The van der Waals surface area contributed by atoms with Gasteiger partial charge in [-0.2, -0.15) is 0 Å². The summed E-state index contributed by atoms with van der Waals surface area (Å²) < 4.78 is 0. The molecule has 0 aliphatic rings. The van der Waals surface area contributed by atoms with E-state index in [4.69, 9.17) is 0 Å². The van der Waals surface area contributed by atoms with Gasteiger partial charge in [-0.15, -0.1) is 0 Å². The molecule has 1 N–H and O–H groups in total. The Kier molecular flexibility index (Phi) is 6.20. The van der Waals surface area contributed by atoms with Crippen molar-refractivity contribution in [2.45, 2.75) is 51.6 Å². The Balaban J connectivity index is 1.91. The van der Waals surface area contributed by atoms with Crippen LogP contribution in [0.25, 0.3) is 21.5 Å². The van der Waals surface area contributed by atoms with Crippen molar-refractivity contribution in [1.82, 2.24) is 0 Å². The van der Waals surface area contributed by atoms with E-state index in [1.165, 1.54) is 21.5 Å². The molecule has 0 saturated heterocycles. The number of hydrogen-bond acceptors (Lipinski definition) is 1. The minimum atomic E-state index is -1.00. The van der Waals surface area contributed by atoms with Crippen LogP contribution in [-0.4, -0.2) is 5.11 Å². The van der Waals surface area contributed by atoms with Gasteiger partial charge >= 0.3 is 0 Å². The summed E-state index contributed by atoms with van der Waals surface area (Å²) in [7, 11) is 0. The fraction of sp³-hybridized carbons (Fsp3) is 0.310. The minimum Gasteiger partial charge on any atom is -0.380 e. The highest BCUT2D eigenvalue weighted by molar-refractivity contribution is 5.85. The summed E-state index contributed by atoms with van der Waals surface area (Å²) in [6.45, 7) is 4.45. The number of rotatable bonds is 8. The second kappa shape index (κ2) is 9.02. The predicted molar refractivity (Wildman–Crippen MR) is 129 cm³/mol. The summed E-state index contributed by atoms with van der Waals surface area (Å²) in [6.07, 6.45) is 5.38. The number of hydrogen-bond donors (Lipinski definition) is 1. The normalized spacial score (nSPS) is 13.0. The molecule has 0 amide bonds. The van der Waals surface area contributed by atoms with E-state index in [0.717, 1.165) is 43.2 Å². The molecule has 154 valence electrons. The van der Waals surface area contributed by atoms with Crippen LogP contribution in [0.4, 0.5) is 0 Å². The lowest BCUT2D eigenvalue weighted by molar-refractivity contribution is 0.00695. The van der Waals surface area contributed by atoms with Crippen molar-refractivity contribution in [3.8, 4) is 0 Å². The van der Waals surface area contributed by atoms with Crippen molar-refractivity contribution in [3.05, 3.63) is 96.1 Å². The van der Waals surface area contributed by atoms with Gasteiger partial charge in [0.1, 0.15) is 5.60 Å². The smallest absolute Gasteiger partial charge is 0.117 e. The summed E-state index contributed by atoms with van der Waals surface area (Å²) in [5, 5.41) is 17.3. The molecule has 0 bridgehead atoms. The maximum atomic E-state index is 12.5. The van der Waals surface area contributed by atoms with Gasteiger partial charge in [0.15, 0.2) is 0 Å². The van der Waals surface area contributed by atoms with Crippen LogP contribution in [0.2, 0.25) is 0 Å². The fourth-order valence-electron chi connectivity index (χ4n) is 4.85. The quantitative estimate of drug-likeness (QED) is 0.322. The largest absolute Gasteiger partial charge is 0.380 e. The summed E-state index contributed by atoms with van der Waals surface area (Å²) in [4.78, 5) is 0. The molecule has 4 aromatic carbocycles. The molecule has 0 aromatic heterocycles. The predicted octanol–water partition coefficient (Wildman–Crippen LogP) is 7.84. The van der Waals surface area contributed by atoms with Gasteiger partial charge in [-0.1, -0.05) is 106 Å². The third-order valence-electron chi connectivity index (χ3n) is 6.51. The highest BCUT2D eigenvalue weighted by atomic mass is 16.3. The van der Waals surface area contributed by atoms with Crippen molar-refractivity contribution < 1.29 is 5.11 Å². The zero-order valence-electron chi connectivity index (χ0n) is 18.1. The SMILES string of the molecule is CCCCC(CCC)C(O)(c1ccc2ccccc2c1)c1ccc2ccccc2c1. The van der Waals surface area contributed by atoms with Gasteiger partial charge in [-0.25, -0.2) is 0 Å². The van der Waals surface area contributed by atoms with E-state index < -0.39 is 5.60 Å². The molecule has 1 atom stereocenters. The number of fused-ring (bicyclic) bond motifs is 2. The molecule has 30 heavy (non-hydrogen) atoms. The Morgan fingerprint density at radius 2 is 1.13 bits per heavy atom. The molecule has 4 rings (SSSR count). The first kappa shape index (κ1) is 20.6. The van der Waals surface area contributed by atoms with Crippen molar-refractivity contribution >= 4 is 21.5 Å². The molecule has 0 aliphatic carbocycles. The van der Waals surface area contributed by atoms with Crippen LogP contribution in [0.1, 0.15) is 57.1 Å². The molecule has 0 heterocycles. The Bertz CT molecular complexity index is 1050. The van der Waals surface area contributed by atoms with E-state index in [2.05, 4.69) is 98.8 Å². The molecule has 0 fully saturated rings. The first-order chi connectivity index (χ1) is 14.7. The summed E-state index contributed by atoms with van der Waals surface area (Å²) in [5.74, 6) is 0.185. The molecule has 0 saturated carbocycles. The van der Waals surface area contributed by atoms with Crippen LogP contribution in [0.3, 0.4) is 0 Å². The number of benzene rings is 4. The molecule has 1 heteroatoms. The lowest BCUT2D eigenvalue weighted by Crippen LogP contribution is -2.36. The Morgan fingerprint density at radius 1 is 0.633 bits per heavy atom. The Hall–Kier alpha value is -2.64. The lowest BCUT2D eigenvalue weighted by Gasteiger charge is -2.38. The number of aliphatic hydroxyl groups is 1. The minimum absolute atomic E-state index is 0.185. The van der Waals surface area contributed by atoms with E-state index in [1.54, 1.807) is 0 Å². The van der Waals surface area contributed by atoms with Crippen molar-refractivity contribution in [2.75, 3.05) is 0 Å². The second-order valence-electron chi connectivity index (χ2n) is 8.52. The van der Waals surface area contributed by atoms with Gasteiger partial charge in [0, 0.05) is 0 Å². The van der Waals surface area contributed by atoms with Crippen molar-refractivity contribution in [2.24, 2.45) is 5.92 Å². The van der Waals surface area contributed by atoms with E-state index in [0.29, 0.717) is 0 Å². The van der Waals surface area contributed by atoms with Crippen molar-refractivity contribution in [3.63, 3.8) is 0 Å². The summed E-state index contributed by atoms with van der Waals surface area (Å²) in [6, 6.07) is 29.8. The third-order valence-corrected chi connectivity index (χ3v) is 6.51. The fourth-order valence-corrected chi connectivity index (χ4v) is 4.85. The van der Waals surface area contributed by atoms with Crippen LogP contribution in [-0.2, 0) is 5.60 Å². The Labute approximate surface area is 180 Å². The molecule has 0 radical (unpaired) electrons. The molecular weight excluding hydrogens is 364 g/mol. The molecule has 1 unspecified atom stereocenters. The highest BCUT2D eigenvalue weighted by Gasteiger charge is 2.39. The van der Waals surface area contributed by atoms with E-state index in [-0.39, 0.29) is 5.92 Å². The van der Waals surface area contributed by atoms with Gasteiger partial charge < -0.3 is 5.11 Å². The average molecular weight is 397 g/mol. The van der Waals surface area contributed by atoms with Gasteiger partial charge in [0.05, 0.1) is 0 Å². The Morgan fingerprint density at radius 3 is 1.60 bits per heavy atom. The summed E-state index contributed by atoms with van der Waals surface area (Å²) >= 11 is 0. The van der Waals surface area contributed by atoms with Crippen LogP contribution >= 0.6 is 0 Å². The molecular formula is C29H32O. The molecule has 0 spiro atoms. The van der Waals surface area contributed by atoms with Crippen LogP contribution < -0.4 is 0 Å². The highest BCUT2D eigenvalue weighted by Crippen LogP contribution is 2.43. The first-order valence-electron chi connectivity index (χ1n) is 11.4. The van der Waals surface area contributed by atoms with Gasteiger partial charge in [0.25, 0.3) is 0 Å². The lowest BCUT2D eigenvalue weighted by atomic mass is 9.71.